The quantitative estimate of drug-likeness (QED) is 0.380. The third-order valence-electron chi connectivity index (χ3n) is 3.33. The summed E-state index contributed by atoms with van der Waals surface area (Å²) in [6, 6.07) is 10.3. The van der Waals surface area contributed by atoms with Crippen LogP contribution < -0.4 is 5.63 Å². The zero-order chi connectivity index (χ0) is 17.1. The molecule has 0 amide bonds. The minimum atomic E-state index is -0.531. The molecule has 3 rings (SSSR count). The minimum absolute atomic E-state index is 0.0177. The number of carbonyl (C=O) groups excluding carboxylic acids is 1. The molecule has 2 heterocycles. The summed E-state index contributed by atoms with van der Waals surface area (Å²) in [6.07, 6.45) is 2.77. The average molecular weight is 389 g/mol. The van der Waals surface area contributed by atoms with E-state index in [1.165, 1.54) is 18.2 Å². The summed E-state index contributed by atoms with van der Waals surface area (Å²) >= 11 is 3.18. The molecule has 0 saturated heterocycles. The van der Waals surface area contributed by atoms with Crippen molar-refractivity contribution in [3.8, 4) is 0 Å². The molecule has 1 aromatic carbocycles. The van der Waals surface area contributed by atoms with Crippen molar-refractivity contribution in [3.63, 3.8) is 0 Å². The van der Waals surface area contributed by atoms with Gasteiger partial charge < -0.3 is 13.6 Å². The number of ether oxygens (including phenoxy) is 1. The molecule has 24 heavy (non-hydrogen) atoms. The van der Waals surface area contributed by atoms with Gasteiger partial charge in [0.1, 0.15) is 18.0 Å². The Hall–Kier alpha value is -2.60. The Morgan fingerprint density at radius 2 is 2.04 bits per heavy atom. The monoisotopic (exact) mass is 388 g/mol. The van der Waals surface area contributed by atoms with Crippen LogP contribution in [-0.2, 0) is 16.1 Å². The predicted octanol–water partition coefficient (Wildman–Crippen LogP) is 4.21. The Labute approximate surface area is 145 Å². The third kappa shape index (κ3) is 3.83. The Morgan fingerprint density at radius 3 is 2.79 bits per heavy atom. The first kappa shape index (κ1) is 16.3. The van der Waals surface area contributed by atoms with Gasteiger partial charge in [-0.1, -0.05) is 12.1 Å². The number of furan rings is 1. The zero-order valence-corrected chi connectivity index (χ0v) is 14.3. The number of carbonyl (C=O) groups is 1. The molecule has 0 aliphatic heterocycles. The SMILES string of the molecule is Cc1ccc2c(COC(=O)C=Cc3ccc(Br)o3)cc(=O)oc2c1. The molecule has 0 radical (unpaired) electrons. The Balaban J connectivity index is 1.74. The van der Waals surface area contributed by atoms with E-state index in [2.05, 4.69) is 15.9 Å². The van der Waals surface area contributed by atoms with Crippen molar-refractivity contribution in [1.82, 2.24) is 0 Å². The van der Waals surface area contributed by atoms with Crippen molar-refractivity contribution in [1.29, 1.82) is 0 Å². The first-order valence-electron chi connectivity index (χ1n) is 7.15. The highest BCUT2D eigenvalue weighted by molar-refractivity contribution is 9.10. The maximum absolute atomic E-state index is 11.8. The molecule has 2 aromatic heterocycles. The van der Waals surface area contributed by atoms with Gasteiger partial charge >= 0.3 is 11.6 Å². The molecular formula is C18H13BrO5. The first-order valence-corrected chi connectivity index (χ1v) is 7.94. The summed E-state index contributed by atoms with van der Waals surface area (Å²) in [7, 11) is 0. The van der Waals surface area contributed by atoms with Crippen molar-refractivity contribution in [3.05, 3.63) is 74.5 Å². The van der Waals surface area contributed by atoms with E-state index in [0.29, 0.717) is 21.6 Å². The smallest absolute Gasteiger partial charge is 0.336 e. The second kappa shape index (κ2) is 6.88. The Kier molecular flexibility index (Phi) is 4.66. The van der Waals surface area contributed by atoms with Gasteiger partial charge in [0, 0.05) is 23.1 Å². The fourth-order valence-corrected chi connectivity index (χ4v) is 2.54. The standard InChI is InChI=1S/C18H13BrO5/c1-11-2-5-14-12(9-18(21)24-15(14)8-11)10-22-17(20)7-4-13-3-6-16(19)23-13/h2-9H,10H2,1H3. The number of fused-ring (bicyclic) bond motifs is 1. The summed E-state index contributed by atoms with van der Waals surface area (Å²) in [5, 5.41) is 0.743. The van der Waals surface area contributed by atoms with Crippen LogP contribution in [0.5, 0.6) is 0 Å². The fraction of sp³-hybridized carbons (Fsp3) is 0.111. The number of halogens is 1. The molecule has 0 atom stereocenters. The number of aryl methyl sites for hydroxylation is 1. The lowest BCUT2D eigenvalue weighted by Gasteiger charge is -2.06. The molecule has 6 heteroatoms. The van der Waals surface area contributed by atoms with Gasteiger partial charge in [0.15, 0.2) is 4.67 Å². The van der Waals surface area contributed by atoms with Crippen LogP contribution in [0.4, 0.5) is 0 Å². The van der Waals surface area contributed by atoms with Crippen LogP contribution in [0, 0.1) is 6.92 Å². The highest BCUT2D eigenvalue weighted by Crippen LogP contribution is 2.19. The van der Waals surface area contributed by atoms with Crippen LogP contribution in [0.15, 0.2) is 60.8 Å². The largest absolute Gasteiger partial charge is 0.458 e. The van der Waals surface area contributed by atoms with Crippen LogP contribution in [-0.4, -0.2) is 5.97 Å². The van der Waals surface area contributed by atoms with E-state index in [4.69, 9.17) is 13.6 Å². The molecule has 0 unspecified atom stereocenters. The van der Waals surface area contributed by atoms with Crippen LogP contribution in [0.1, 0.15) is 16.9 Å². The number of benzene rings is 1. The second-order valence-electron chi connectivity index (χ2n) is 5.17. The van der Waals surface area contributed by atoms with Crippen molar-refractivity contribution in [2.24, 2.45) is 0 Å². The molecule has 3 aromatic rings. The predicted molar refractivity (Wildman–Crippen MR) is 92.5 cm³/mol. The lowest BCUT2D eigenvalue weighted by atomic mass is 10.1. The molecule has 0 saturated carbocycles. The minimum Gasteiger partial charge on any atom is -0.458 e. The second-order valence-corrected chi connectivity index (χ2v) is 5.95. The van der Waals surface area contributed by atoms with E-state index in [-0.39, 0.29) is 6.61 Å². The molecule has 5 nitrogen and oxygen atoms in total. The van der Waals surface area contributed by atoms with Crippen molar-refractivity contribution in [2.75, 3.05) is 0 Å². The lowest BCUT2D eigenvalue weighted by molar-refractivity contribution is -0.138. The Bertz CT molecular complexity index is 980. The molecule has 0 spiro atoms. The molecule has 0 bridgehead atoms. The Morgan fingerprint density at radius 1 is 1.21 bits per heavy atom. The summed E-state index contributed by atoms with van der Waals surface area (Å²) in [6.45, 7) is 1.89. The van der Waals surface area contributed by atoms with Gasteiger partial charge in [-0.2, -0.15) is 0 Å². The van der Waals surface area contributed by atoms with Gasteiger partial charge in [0.05, 0.1) is 0 Å². The van der Waals surface area contributed by atoms with Gasteiger partial charge in [-0.15, -0.1) is 0 Å². The maximum atomic E-state index is 11.8. The summed E-state index contributed by atoms with van der Waals surface area (Å²) in [5.41, 5.74) is 1.58. The van der Waals surface area contributed by atoms with E-state index >= 15 is 0 Å². The fourth-order valence-electron chi connectivity index (χ4n) is 2.22. The van der Waals surface area contributed by atoms with Gasteiger partial charge in [-0.3, -0.25) is 0 Å². The topological polar surface area (TPSA) is 69.7 Å². The number of hydrogen-bond donors (Lipinski definition) is 0. The van der Waals surface area contributed by atoms with Crippen molar-refractivity contribution in [2.45, 2.75) is 13.5 Å². The number of rotatable bonds is 4. The highest BCUT2D eigenvalue weighted by atomic mass is 79.9. The first-order chi connectivity index (χ1) is 11.5. The maximum Gasteiger partial charge on any atom is 0.336 e. The molecule has 0 fully saturated rings. The summed E-state index contributed by atoms with van der Waals surface area (Å²) in [4.78, 5) is 23.4. The van der Waals surface area contributed by atoms with Gasteiger partial charge in [-0.05, 0) is 52.7 Å². The number of esters is 1. The van der Waals surface area contributed by atoms with E-state index in [1.807, 2.05) is 19.1 Å². The molecule has 0 aliphatic rings. The van der Waals surface area contributed by atoms with E-state index in [0.717, 1.165) is 10.9 Å². The summed E-state index contributed by atoms with van der Waals surface area (Å²) < 4.78 is 16.2. The van der Waals surface area contributed by atoms with Gasteiger partial charge in [0.25, 0.3) is 0 Å². The van der Waals surface area contributed by atoms with Crippen molar-refractivity contribution >= 4 is 38.9 Å². The van der Waals surface area contributed by atoms with Crippen molar-refractivity contribution < 1.29 is 18.4 Å². The van der Waals surface area contributed by atoms with E-state index in [9.17, 15) is 9.59 Å². The highest BCUT2D eigenvalue weighted by Gasteiger charge is 2.08. The van der Waals surface area contributed by atoms with Gasteiger partial charge in [-0.25, -0.2) is 9.59 Å². The van der Waals surface area contributed by atoms with Crippen LogP contribution in [0.3, 0.4) is 0 Å². The van der Waals surface area contributed by atoms with Crippen LogP contribution in [0.25, 0.3) is 17.0 Å². The van der Waals surface area contributed by atoms with Crippen LogP contribution >= 0.6 is 15.9 Å². The van der Waals surface area contributed by atoms with Crippen LogP contribution in [0.2, 0.25) is 0 Å². The normalized spacial score (nSPS) is 11.2. The molecule has 0 N–H and O–H groups in total. The molecule has 122 valence electrons. The summed E-state index contributed by atoms with van der Waals surface area (Å²) in [5.74, 6) is -0.00358. The zero-order valence-electron chi connectivity index (χ0n) is 12.7. The van der Waals surface area contributed by atoms with E-state index < -0.39 is 11.6 Å². The molecule has 0 aliphatic carbocycles. The third-order valence-corrected chi connectivity index (χ3v) is 3.76. The molecular weight excluding hydrogens is 376 g/mol. The lowest BCUT2D eigenvalue weighted by Crippen LogP contribution is -2.05. The van der Waals surface area contributed by atoms with E-state index in [1.54, 1.807) is 18.2 Å². The van der Waals surface area contributed by atoms with Gasteiger partial charge in [0.2, 0.25) is 0 Å². The average Bonchev–Trinajstić information content (AvgIpc) is 2.95. The number of hydrogen-bond acceptors (Lipinski definition) is 5.